The van der Waals surface area contributed by atoms with Crippen LogP contribution in [0.25, 0.3) is 0 Å². The van der Waals surface area contributed by atoms with E-state index in [-0.39, 0.29) is 29.3 Å². The lowest BCUT2D eigenvalue weighted by atomic mass is 9.87. The number of benzene rings is 2. The molecule has 0 aliphatic heterocycles. The fraction of sp³-hybridized carbons (Fsp3) is 0.462. The summed E-state index contributed by atoms with van der Waals surface area (Å²) in [6.07, 6.45) is 4.62. The predicted molar refractivity (Wildman–Crippen MR) is 131 cm³/mol. The SMILES string of the molecule is CC(C)(C)CC(=O)N(Cc1ccc(NC(=O)c2cccc(Cl)c2)cc1)C1CCCCC1N. The van der Waals surface area contributed by atoms with Gasteiger partial charge >= 0.3 is 0 Å². The van der Waals surface area contributed by atoms with Gasteiger partial charge in [-0.05, 0) is 54.2 Å². The Labute approximate surface area is 196 Å². The van der Waals surface area contributed by atoms with E-state index in [0.29, 0.717) is 29.2 Å². The van der Waals surface area contributed by atoms with Gasteiger partial charge in [-0.15, -0.1) is 0 Å². The van der Waals surface area contributed by atoms with Crippen LogP contribution in [0.2, 0.25) is 5.02 Å². The van der Waals surface area contributed by atoms with Gasteiger partial charge in [0.1, 0.15) is 0 Å². The molecule has 172 valence electrons. The molecule has 2 aromatic carbocycles. The standard InChI is InChI=1S/C26H34ClN3O2/c1-26(2,3)16-24(31)30(23-10-5-4-9-22(23)28)17-18-11-13-21(14-12-18)29-25(32)19-7-6-8-20(27)15-19/h6-8,11-15,22-23H,4-5,9-10,16-17,28H2,1-3H3,(H,29,32). The summed E-state index contributed by atoms with van der Waals surface area (Å²) in [6.45, 7) is 6.78. The molecule has 6 heteroatoms. The molecule has 2 atom stereocenters. The van der Waals surface area contributed by atoms with Crippen LogP contribution < -0.4 is 11.1 Å². The minimum Gasteiger partial charge on any atom is -0.334 e. The smallest absolute Gasteiger partial charge is 0.255 e. The number of amides is 2. The van der Waals surface area contributed by atoms with E-state index in [9.17, 15) is 9.59 Å². The van der Waals surface area contributed by atoms with Crippen molar-refractivity contribution in [3.05, 3.63) is 64.7 Å². The predicted octanol–water partition coefficient (Wildman–Crippen LogP) is 5.63. The number of anilines is 1. The number of nitrogens with two attached hydrogens (primary N) is 1. The molecule has 3 rings (SSSR count). The molecule has 0 spiro atoms. The molecular weight excluding hydrogens is 422 g/mol. The minimum absolute atomic E-state index is 0.0175. The molecule has 0 bridgehead atoms. The molecule has 32 heavy (non-hydrogen) atoms. The molecule has 5 nitrogen and oxygen atoms in total. The van der Waals surface area contributed by atoms with Crippen LogP contribution in [-0.2, 0) is 11.3 Å². The van der Waals surface area contributed by atoms with E-state index in [0.717, 1.165) is 31.2 Å². The van der Waals surface area contributed by atoms with Crippen LogP contribution in [0.15, 0.2) is 48.5 Å². The first-order chi connectivity index (χ1) is 15.1. The zero-order chi connectivity index (χ0) is 23.3. The fourth-order valence-electron chi connectivity index (χ4n) is 4.20. The molecule has 2 aromatic rings. The van der Waals surface area contributed by atoms with Crippen molar-refractivity contribution >= 4 is 29.1 Å². The summed E-state index contributed by atoms with van der Waals surface area (Å²) in [5, 5.41) is 3.41. The second-order valence-electron chi connectivity index (χ2n) is 9.94. The molecule has 0 aromatic heterocycles. The van der Waals surface area contributed by atoms with Gasteiger partial charge in [0.05, 0.1) is 0 Å². The lowest BCUT2D eigenvalue weighted by Gasteiger charge is -2.39. The van der Waals surface area contributed by atoms with Gasteiger partial charge < -0.3 is 16.0 Å². The van der Waals surface area contributed by atoms with Crippen LogP contribution >= 0.6 is 11.6 Å². The third-order valence-electron chi connectivity index (χ3n) is 5.84. The van der Waals surface area contributed by atoms with Gasteiger partial charge in [0.25, 0.3) is 5.91 Å². The number of nitrogens with zero attached hydrogens (tertiary/aromatic N) is 1. The third-order valence-corrected chi connectivity index (χ3v) is 6.07. The Balaban J connectivity index is 1.71. The first-order valence-electron chi connectivity index (χ1n) is 11.3. The third kappa shape index (κ3) is 6.81. The number of carbonyl (C=O) groups excluding carboxylic acids is 2. The van der Waals surface area contributed by atoms with Crippen molar-refractivity contribution in [1.29, 1.82) is 0 Å². The Kier molecular flexibility index (Phi) is 7.96. The summed E-state index contributed by atoms with van der Waals surface area (Å²) in [5.41, 5.74) is 8.57. The molecule has 2 amide bonds. The average Bonchev–Trinajstić information content (AvgIpc) is 2.72. The molecule has 0 heterocycles. The first-order valence-corrected chi connectivity index (χ1v) is 11.7. The molecule has 0 saturated heterocycles. The Morgan fingerprint density at radius 3 is 2.41 bits per heavy atom. The lowest BCUT2D eigenvalue weighted by molar-refractivity contribution is -0.137. The highest BCUT2D eigenvalue weighted by atomic mass is 35.5. The monoisotopic (exact) mass is 455 g/mol. The van der Waals surface area contributed by atoms with Crippen molar-refractivity contribution in [3.8, 4) is 0 Å². The molecule has 0 radical (unpaired) electrons. The molecule has 3 N–H and O–H groups in total. The van der Waals surface area contributed by atoms with Crippen molar-refractivity contribution in [2.45, 2.75) is 71.5 Å². The van der Waals surface area contributed by atoms with Crippen molar-refractivity contribution < 1.29 is 9.59 Å². The zero-order valence-corrected chi connectivity index (χ0v) is 20.0. The maximum absolute atomic E-state index is 13.2. The Morgan fingerprint density at radius 2 is 1.78 bits per heavy atom. The highest BCUT2D eigenvalue weighted by Crippen LogP contribution is 2.28. The van der Waals surface area contributed by atoms with E-state index in [2.05, 4.69) is 26.1 Å². The Morgan fingerprint density at radius 1 is 1.09 bits per heavy atom. The van der Waals surface area contributed by atoms with Crippen LogP contribution in [-0.4, -0.2) is 28.8 Å². The van der Waals surface area contributed by atoms with Crippen LogP contribution in [0.4, 0.5) is 5.69 Å². The van der Waals surface area contributed by atoms with Gasteiger partial charge in [-0.2, -0.15) is 0 Å². The van der Waals surface area contributed by atoms with Crippen molar-refractivity contribution in [1.82, 2.24) is 4.90 Å². The van der Waals surface area contributed by atoms with E-state index in [1.165, 1.54) is 0 Å². The molecule has 1 aliphatic carbocycles. The zero-order valence-electron chi connectivity index (χ0n) is 19.2. The van der Waals surface area contributed by atoms with Crippen LogP contribution in [0.5, 0.6) is 0 Å². The largest absolute Gasteiger partial charge is 0.334 e. The summed E-state index contributed by atoms with van der Waals surface area (Å²) >= 11 is 5.98. The maximum Gasteiger partial charge on any atom is 0.255 e. The average molecular weight is 456 g/mol. The second-order valence-corrected chi connectivity index (χ2v) is 10.4. The number of carbonyl (C=O) groups is 2. The summed E-state index contributed by atoms with van der Waals surface area (Å²) in [6, 6.07) is 14.6. The molecular formula is C26H34ClN3O2. The van der Waals surface area contributed by atoms with Crippen LogP contribution in [0.1, 0.15) is 68.8 Å². The summed E-state index contributed by atoms with van der Waals surface area (Å²) in [4.78, 5) is 27.6. The van der Waals surface area contributed by atoms with Crippen molar-refractivity contribution in [2.75, 3.05) is 5.32 Å². The second kappa shape index (κ2) is 10.5. The number of hydrogen-bond acceptors (Lipinski definition) is 3. The summed E-state index contributed by atoms with van der Waals surface area (Å²) in [7, 11) is 0. The van der Waals surface area contributed by atoms with Gasteiger partial charge in [0.15, 0.2) is 0 Å². The van der Waals surface area contributed by atoms with E-state index < -0.39 is 0 Å². The molecule has 2 unspecified atom stereocenters. The summed E-state index contributed by atoms with van der Waals surface area (Å²) in [5.74, 6) is -0.0615. The number of hydrogen-bond donors (Lipinski definition) is 2. The minimum atomic E-state index is -0.213. The first kappa shape index (κ1) is 24.3. The quantitative estimate of drug-likeness (QED) is 0.592. The molecule has 1 aliphatic rings. The Bertz CT molecular complexity index is 937. The van der Waals surface area contributed by atoms with Gasteiger partial charge in [-0.25, -0.2) is 0 Å². The highest BCUT2D eigenvalue weighted by molar-refractivity contribution is 6.31. The summed E-state index contributed by atoms with van der Waals surface area (Å²) < 4.78 is 0. The van der Waals surface area contributed by atoms with E-state index in [1.807, 2.05) is 29.2 Å². The Hall–Kier alpha value is -2.37. The van der Waals surface area contributed by atoms with Gasteiger partial charge in [-0.3, -0.25) is 9.59 Å². The van der Waals surface area contributed by atoms with E-state index in [1.54, 1.807) is 24.3 Å². The topological polar surface area (TPSA) is 75.4 Å². The van der Waals surface area contributed by atoms with Crippen LogP contribution in [0.3, 0.4) is 0 Å². The van der Waals surface area contributed by atoms with Crippen LogP contribution in [0, 0.1) is 5.41 Å². The van der Waals surface area contributed by atoms with E-state index in [4.69, 9.17) is 17.3 Å². The lowest BCUT2D eigenvalue weighted by Crippen LogP contribution is -2.52. The van der Waals surface area contributed by atoms with Crippen molar-refractivity contribution in [3.63, 3.8) is 0 Å². The van der Waals surface area contributed by atoms with Gasteiger partial charge in [0.2, 0.25) is 5.91 Å². The van der Waals surface area contributed by atoms with Gasteiger partial charge in [-0.1, -0.05) is 63.4 Å². The number of rotatable bonds is 6. The van der Waals surface area contributed by atoms with Gasteiger partial charge in [0, 0.05) is 41.3 Å². The normalized spacial score (nSPS) is 18.8. The fourth-order valence-corrected chi connectivity index (χ4v) is 4.39. The number of nitrogens with one attached hydrogen (secondary N) is 1. The maximum atomic E-state index is 13.2. The van der Waals surface area contributed by atoms with Crippen molar-refractivity contribution in [2.24, 2.45) is 11.1 Å². The molecule has 1 saturated carbocycles. The highest BCUT2D eigenvalue weighted by Gasteiger charge is 2.32. The molecule has 1 fully saturated rings. The van der Waals surface area contributed by atoms with E-state index >= 15 is 0 Å². The number of halogens is 1.